The molecule has 1 aromatic carbocycles. The molecule has 0 aromatic heterocycles. The smallest absolute Gasteiger partial charge is 0.0392 e. The van der Waals surface area contributed by atoms with Crippen LogP contribution in [-0.4, -0.2) is 0 Å². The van der Waals surface area contributed by atoms with Crippen LogP contribution in [0.25, 0.3) is 0 Å². The van der Waals surface area contributed by atoms with Crippen LogP contribution in [0.3, 0.4) is 0 Å². The summed E-state index contributed by atoms with van der Waals surface area (Å²) in [6.45, 7) is 6.03. The minimum Gasteiger partial charge on any atom is -0.851 e. The van der Waals surface area contributed by atoms with Gasteiger partial charge in [-0.25, -0.2) is 0 Å². The fourth-order valence-electron chi connectivity index (χ4n) is 1.17. The van der Waals surface area contributed by atoms with Crippen molar-refractivity contribution in [1.29, 1.82) is 0 Å². The monoisotopic (exact) mass is 167 g/mol. The molecule has 68 valence electrons. The van der Waals surface area contributed by atoms with Crippen molar-refractivity contribution in [3.8, 4) is 0 Å². The van der Waals surface area contributed by atoms with Crippen molar-refractivity contribution < 1.29 is 5.11 Å². The second-order valence-electron chi connectivity index (χ2n) is 2.94. The zero-order valence-corrected chi connectivity index (χ0v) is 8.27. The van der Waals surface area contributed by atoms with Crippen molar-refractivity contribution in [2.45, 2.75) is 27.4 Å². The van der Waals surface area contributed by atoms with Gasteiger partial charge in [0, 0.05) is 0 Å². The summed E-state index contributed by atoms with van der Waals surface area (Å²) in [7, 11) is 0. The first kappa shape index (κ1) is 11.1. The Morgan fingerprint density at radius 2 is 1.67 bits per heavy atom. The second-order valence-corrected chi connectivity index (χ2v) is 2.94. The van der Waals surface area contributed by atoms with Crippen molar-refractivity contribution in [3.05, 3.63) is 34.4 Å². The average molecular weight is 167 g/mol. The van der Waals surface area contributed by atoms with Gasteiger partial charge in [-0.1, -0.05) is 17.7 Å². The molecule has 0 atom stereocenters. The van der Waals surface area contributed by atoms with Gasteiger partial charge >= 0.3 is 0 Å². The third kappa shape index (κ3) is 1.84. The Morgan fingerprint density at radius 3 is 2.17 bits per heavy atom. The van der Waals surface area contributed by atoms with Crippen molar-refractivity contribution in [1.82, 2.24) is 6.15 Å². The van der Waals surface area contributed by atoms with Crippen LogP contribution in [0.5, 0.6) is 0 Å². The van der Waals surface area contributed by atoms with E-state index < -0.39 is 0 Å². The minimum absolute atomic E-state index is 0. The Hall–Kier alpha value is -0.860. The summed E-state index contributed by atoms with van der Waals surface area (Å²) in [6, 6.07) is 3.93. The zero-order valence-electron chi connectivity index (χ0n) is 8.27. The fourth-order valence-corrected chi connectivity index (χ4v) is 1.17. The van der Waals surface area contributed by atoms with E-state index in [1.54, 1.807) is 0 Å². The van der Waals surface area contributed by atoms with Crippen LogP contribution in [0.2, 0.25) is 0 Å². The highest BCUT2D eigenvalue weighted by Crippen LogP contribution is 2.15. The lowest BCUT2D eigenvalue weighted by Gasteiger charge is -2.12. The van der Waals surface area contributed by atoms with Crippen LogP contribution < -0.4 is 11.3 Å². The Balaban J connectivity index is 0.00000121. The molecule has 0 radical (unpaired) electrons. The summed E-state index contributed by atoms with van der Waals surface area (Å²) in [4.78, 5) is 0. The number of aryl methyl sites for hydroxylation is 1. The lowest BCUT2D eigenvalue weighted by atomic mass is 9.99. The van der Waals surface area contributed by atoms with Crippen LogP contribution in [0.15, 0.2) is 12.1 Å². The standard InChI is InChI=1S/C10H13O.H3N/c1-7-4-5-10(6-11)9(3)8(7)2;/h4-5H,6H2,1-3H3;1H3/q-1;/p+1. The van der Waals surface area contributed by atoms with Crippen molar-refractivity contribution >= 4 is 0 Å². The van der Waals surface area contributed by atoms with Crippen LogP contribution in [0.1, 0.15) is 22.3 Å². The number of rotatable bonds is 1. The summed E-state index contributed by atoms with van der Waals surface area (Å²) >= 11 is 0. The van der Waals surface area contributed by atoms with E-state index in [1.807, 2.05) is 19.1 Å². The van der Waals surface area contributed by atoms with Gasteiger partial charge in [-0.15, -0.1) is 6.61 Å². The van der Waals surface area contributed by atoms with E-state index in [9.17, 15) is 5.11 Å². The van der Waals surface area contributed by atoms with Crippen LogP contribution in [0, 0.1) is 20.8 Å². The maximum Gasteiger partial charge on any atom is -0.0392 e. The number of quaternary nitrogens is 1. The van der Waals surface area contributed by atoms with Gasteiger partial charge in [0.1, 0.15) is 0 Å². The summed E-state index contributed by atoms with van der Waals surface area (Å²) in [6.07, 6.45) is 0. The molecule has 0 spiro atoms. The average Bonchev–Trinajstić information content (AvgIpc) is 2.01. The number of benzene rings is 1. The first-order valence-electron chi connectivity index (χ1n) is 3.80. The molecule has 0 aliphatic heterocycles. The summed E-state index contributed by atoms with van der Waals surface area (Å²) in [5, 5.41) is 10.6. The van der Waals surface area contributed by atoms with Gasteiger partial charge in [-0.3, -0.25) is 0 Å². The predicted molar refractivity (Wildman–Crippen MR) is 50.3 cm³/mol. The maximum absolute atomic E-state index is 10.6. The normalized spacial score (nSPS) is 9.33. The van der Waals surface area contributed by atoms with Crippen LogP contribution >= 0.6 is 0 Å². The Labute approximate surface area is 73.8 Å². The van der Waals surface area contributed by atoms with Crippen LogP contribution in [-0.2, 0) is 6.61 Å². The highest BCUT2D eigenvalue weighted by atomic mass is 16.3. The van der Waals surface area contributed by atoms with Gasteiger partial charge in [0.2, 0.25) is 0 Å². The first-order chi connectivity index (χ1) is 5.16. The molecule has 0 aliphatic carbocycles. The molecule has 1 rings (SSSR count). The van der Waals surface area contributed by atoms with E-state index in [2.05, 4.69) is 13.8 Å². The van der Waals surface area contributed by atoms with Gasteiger partial charge < -0.3 is 11.3 Å². The predicted octanol–water partition coefficient (Wildman–Crippen LogP) is 1.85. The molecular weight excluding hydrogens is 150 g/mol. The van der Waals surface area contributed by atoms with Crippen molar-refractivity contribution in [2.75, 3.05) is 0 Å². The summed E-state index contributed by atoms with van der Waals surface area (Å²) < 4.78 is 0. The molecule has 0 amide bonds. The molecule has 0 fully saturated rings. The van der Waals surface area contributed by atoms with Crippen molar-refractivity contribution in [3.63, 3.8) is 0 Å². The molecule has 0 aliphatic rings. The Kier molecular flexibility index (Phi) is 3.93. The Bertz CT molecular complexity index is 269. The molecule has 0 heterocycles. The molecular formula is C10H17NO. The van der Waals surface area contributed by atoms with Gasteiger partial charge in [0.05, 0.1) is 0 Å². The molecule has 4 N–H and O–H groups in total. The van der Waals surface area contributed by atoms with E-state index in [1.165, 1.54) is 11.1 Å². The lowest BCUT2D eigenvalue weighted by molar-refractivity contribution is -0.386. The highest BCUT2D eigenvalue weighted by Gasteiger charge is 1.98. The minimum atomic E-state index is -0.104. The molecule has 0 saturated carbocycles. The van der Waals surface area contributed by atoms with E-state index in [0.29, 0.717) is 0 Å². The molecule has 1 aromatic rings. The van der Waals surface area contributed by atoms with E-state index in [-0.39, 0.29) is 12.8 Å². The second kappa shape index (κ2) is 4.24. The highest BCUT2D eigenvalue weighted by molar-refractivity contribution is 5.38. The molecule has 12 heavy (non-hydrogen) atoms. The van der Waals surface area contributed by atoms with E-state index in [0.717, 1.165) is 11.1 Å². The Morgan fingerprint density at radius 1 is 1.08 bits per heavy atom. The molecule has 2 nitrogen and oxygen atoms in total. The SMILES string of the molecule is Cc1ccc(C[O-])c(C)c1C.[NH4+]. The summed E-state index contributed by atoms with van der Waals surface area (Å²) in [5.41, 5.74) is 4.59. The number of hydrogen-bond donors (Lipinski definition) is 1. The topological polar surface area (TPSA) is 59.6 Å². The quantitative estimate of drug-likeness (QED) is 0.681. The van der Waals surface area contributed by atoms with E-state index >= 15 is 0 Å². The fraction of sp³-hybridized carbons (Fsp3) is 0.400. The largest absolute Gasteiger partial charge is 0.851 e. The van der Waals surface area contributed by atoms with Gasteiger partial charge in [-0.05, 0) is 37.5 Å². The molecule has 0 saturated heterocycles. The van der Waals surface area contributed by atoms with Gasteiger partial charge in [-0.2, -0.15) is 0 Å². The lowest BCUT2D eigenvalue weighted by Crippen LogP contribution is -2.05. The number of hydrogen-bond acceptors (Lipinski definition) is 1. The molecule has 0 bridgehead atoms. The first-order valence-corrected chi connectivity index (χ1v) is 3.80. The third-order valence-corrected chi connectivity index (χ3v) is 2.33. The van der Waals surface area contributed by atoms with Gasteiger partial charge in [0.25, 0.3) is 0 Å². The molecule has 0 unspecified atom stereocenters. The molecule has 2 heteroatoms. The van der Waals surface area contributed by atoms with E-state index in [4.69, 9.17) is 0 Å². The zero-order chi connectivity index (χ0) is 8.43. The van der Waals surface area contributed by atoms with Crippen LogP contribution in [0.4, 0.5) is 0 Å². The maximum atomic E-state index is 10.6. The van der Waals surface area contributed by atoms with Crippen molar-refractivity contribution in [2.24, 2.45) is 0 Å². The summed E-state index contributed by atoms with van der Waals surface area (Å²) in [5.74, 6) is 0. The van der Waals surface area contributed by atoms with Gasteiger partial charge in [0.15, 0.2) is 0 Å². The third-order valence-electron chi connectivity index (χ3n) is 2.33.